The van der Waals surface area contributed by atoms with Crippen molar-refractivity contribution in [1.82, 2.24) is 44.9 Å². The number of hydrogen-bond acceptors (Lipinski definition) is 12. The van der Waals surface area contributed by atoms with Gasteiger partial charge in [-0.05, 0) is 61.4 Å². The summed E-state index contributed by atoms with van der Waals surface area (Å²) in [6.45, 7) is 2.14. The van der Waals surface area contributed by atoms with E-state index in [0.717, 1.165) is 37.2 Å². The molecule has 1 fully saturated rings. The van der Waals surface area contributed by atoms with Crippen LogP contribution in [0.1, 0.15) is 34.6 Å². The molecule has 1 saturated heterocycles. The molecule has 6 rings (SSSR count). The lowest BCUT2D eigenvalue weighted by Gasteiger charge is -2.25. The molecule has 1 amide bonds. The van der Waals surface area contributed by atoms with E-state index in [-0.39, 0.29) is 35.9 Å². The summed E-state index contributed by atoms with van der Waals surface area (Å²) in [7, 11) is 1.53. The summed E-state index contributed by atoms with van der Waals surface area (Å²) < 4.78 is 8.65. The van der Waals surface area contributed by atoms with E-state index in [0.29, 0.717) is 23.9 Å². The first-order chi connectivity index (χ1) is 23.5. The maximum absolute atomic E-state index is 13.0. The number of nitrogens with zero attached hydrogens (tertiary/aromatic N) is 7. The molecule has 0 spiro atoms. The molecule has 4 aromatic heterocycles. The van der Waals surface area contributed by atoms with Crippen LogP contribution in [0.2, 0.25) is 0 Å². The molecular formula is C33H36N12O3. The van der Waals surface area contributed by atoms with E-state index in [1.165, 1.54) is 22.4 Å². The summed E-state index contributed by atoms with van der Waals surface area (Å²) in [6.07, 6.45) is 10.3. The number of methoxy groups -OCH3 is 1. The number of benzene rings is 1. The number of amides is 1. The molecule has 15 nitrogen and oxygen atoms in total. The van der Waals surface area contributed by atoms with Crippen molar-refractivity contribution in [3.63, 3.8) is 0 Å². The molecule has 0 radical (unpaired) electrons. The number of carbonyl (C=O) groups is 1. The minimum absolute atomic E-state index is 0.0342. The summed E-state index contributed by atoms with van der Waals surface area (Å²) in [5, 5.41) is 17.3. The van der Waals surface area contributed by atoms with Gasteiger partial charge in [0, 0.05) is 43.4 Å². The molecule has 0 bridgehead atoms. The molecule has 48 heavy (non-hydrogen) atoms. The Hall–Kier alpha value is -6.09. The quantitative estimate of drug-likeness (QED) is 0.133. The first-order valence-corrected chi connectivity index (χ1v) is 15.5. The Morgan fingerprint density at radius 3 is 2.77 bits per heavy atom. The molecule has 0 saturated carbocycles. The number of carbonyl (C=O) groups excluding carboxylic acids is 1. The number of nitrogens with one attached hydrogen (secondary N) is 4. The van der Waals surface area contributed by atoms with Gasteiger partial charge in [0.25, 0.3) is 11.5 Å². The summed E-state index contributed by atoms with van der Waals surface area (Å²) >= 11 is 0. The Balaban J connectivity index is 1.23. The predicted octanol–water partition coefficient (Wildman–Crippen LogP) is 2.60. The second kappa shape index (κ2) is 15.0. The Labute approximate surface area is 276 Å². The van der Waals surface area contributed by atoms with Crippen LogP contribution in [-0.4, -0.2) is 73.0 Å². The van der Waals surface area contributed by atoms with E-state index < -0.39 is 11.5 Å². The zero-order chi connectivity index (χ0) is 33.3. The van der Waals surface area contributed by atoms with Crippen molar-refractivity contribution in [2.45, 2.75) is 25.4 Å². The van der Waals surface area contributed by atoms with Crippen molar-refractivity contribution in [2.24, 2.45) is 0 Å². The zero-order valence-electron chi connectivity index (χ0n) is 26.3. The number of anilines is 4. The van der Waals surface area contributed by atoms with Crippen LogP contribution in [0.15, 0.2) is 84.1 Å². The Kier molecular flexibility index (Phi) is 9.96. The highest BCUT2D eigenvalue weighted by Crippen LogP contribution is 2.31. The smallest absolute Gasteiger partial charge is 0.263 e. The molecule has 5 aromatic rings. The van der Waals surface area contributed by atoms with E-state index in [1.807, 2.05) is 36.4 Å². The highest BCUT2D eigenvalue weighted by atomic mass is 16.5. The van der Waals surface area contributed by atoms with Crippen LogP contribution in [0.4, 0.5) is 23.4 Å². The highest BCUT2D eigenvalue weighted by Gasteiger charge is 2.23. The van der Waals surface area contributed by atoms with Gasteiger partial charge in [-0.1, -0.05) is 30.3 Å². The Morgan fingerprint density at radius 1 is 1.12 bits per heavy atom. The standard InChI is InChI=1S/C33H36N12O3/c1-48-27-28(38-24-12-6-16-36-20-24)40-26(41-29(27)45-32(34)42-33(43-45)39-23-10-3-2-4-11-23)14-7-17-37-30(46)25-13-8-18-44(31(25)47)21-22-9-5-15-35-19-22/h2-5,7-11,13-15,18-19,24,36H,6,12,16-17,20-21H2,1H3,(H,37,46)(H,38,40,41)(H3,34,39,42,43). The van der Waals surface area contributed by atoms with Gasteiger partial charge in [-0.15, -0.1) is 5.10 Å². The predicted molar refractivity (Wildman–Crippen MR) is 183 cm³/mol. The SMILES string of the molecule is COc1c(NC2CCCNC2)nc(C=CCNC(=O)c2cccn(Cc3cccnc3)c2=O)nc1-n1nc(Nc2ccccc2)nc1N. The van der Waals surface area contributed by atoms with Crippen molar-refractivity contribution in [3.05, 3.63) is 107 Å². The summed E-state index contributed by atoms with van der Waals surface area (Å²) in [5.74, 6) is 1.29. The average Bonchev–Trinajstić information content (AvgIpc) is 3.47. The van der Waals surface area contributed by atoms with Crippen molar-refractivity contribution >= 4 is 35.4 Å². The minimum Gasteiger partial charge on any atom is -0.490 e. The number of nitrogen functional groups attached to an aromatic ring is 1. The number of pyridine rings is 2. The molecule has 1 aromatic carbocycles. The monoisotopic (exact) mass is 648 g/mol. The van der Waals surface area contributed by atoms with Gasteiger partial charge in [-0.3, -0.25) is 14.6 Å². The van der Waals surface area contributed by atoms with Gasteiger partial charge in [-0.2, -0.15) is 9.67 Å². The lowest BCUT2D eigenvalue weighted by atomic mass is 10.1. The second-order valence-corrected chi connectivity index (χ2v) is 11.0. The first-order valence-electron chi connectivity index (χ1n) is 15.5. The van der Waals surface area contributed by atoms with Crippen LogP contribution in [0.25, 0.3) is 11.9 Å². The Bertz CT molecular complexity index is 1940. The maximum atomic E-state index is 13.0. The molecule has 1 aliphatic heterocycles. The molecule has 1 unspecified atom stereocenters. The molecule has 1 atom stereocenters. The first kappa shape index (κ1) is 31.9. The van der Waals surface area contributed by atoms with E-state index in [1.54, 1.807) is 42.9 Å². The van der Waals surface area contributed by atoms with E-state index in [9.17, 15) is 9.59 Å². The summed E-state index contributed by atoms with van der Waals surface area (Å²) in [4.78, 5) is 43.9. The number of piperidine rings is 1. The van der Waals surface area contributed by atoms with E-state index >= 15 is 0 Å². The lowest BCUT2D eigenvalue weighted by molar-refractivity contribution is 0.0956. The van der Waals surface area contributed by atoms with E-state index in [2.05, 4.69) is 36.3 Å². The van der Waals surface area contributed by atoms with Crippen LogP contribution in [-0.2, 0) is 6.54 Å². The van der Waals surface area contributed by atoms with Crippen LogP contribution < -0.4 is 37.3 Å². The molecule has 15 heteroatoms. The van der Waals surface area contributed by atoms with Gasteiger partial charge < -0.3 is 36.3 Å². The zero-order valence-corrected chi connectivity index (χ0v) is 26.3. The van der Waals surface area contributed by atoms with Crippen molar-refractivity contribution < 1.29 is 9.53 Å². The maximum Gasteiger partial charge on any atom is 0.263 e. The fraction of sp³-hybridized carbons (Fsp3) is 0.242. The molecule has 5 heterocycles. The van der Waals surface area contributed by atoms with Crippen molar-refractivity contribution in [2.75, 3.05) is 43.1 Å². The third kappa shape index (κ3) is 7.64. The molecule has 6 N–H and O–H groups in total. The molecule has 246 valence electrons. The normalized spacial score (nSPS) is 14.5. The number of hydrogen-bond donors (Lipinski definition) is 5. The van der Waals surface area contributed by atoms with Crippen molar-refractivity contribution in [1.29, 1.82) is 0 Å². The number of ether oxygens (including phenoxy) is 1. The Morgan fingerprint density at radius 2 is 2.00 bits per heavy atom. The largest absolute Gasteiger partial charge is 0.490 e. The van der Waals surface area contributed by atoms with Gasteiger partial charge in [0.2, 0.25) is 23.5 Å². The van der Waals surface area contributed by atoms with Gasteiger partial charge >= 0.3 is 0 Å². The highest BCUT2D eigenvalue weighted by molar-refractivity contribution is 5.93. The van der Waals surface area contributed by atoms with Crippen LogP contribution in [0.5, 0.6) is 5.75 Å². The third-order valence-corrected chi connectivity index (χ3v) is 7.56. The number of aromatic nitrogens is 7. The minimum atomic E-state index is -0.498. The van der Waals surface area contributed by atoms with Crippen LogP contribution in [0, 0.1) is 0 Å². The van der Waals surface area contributed by atoms with Crippen molar-refractivity contribution in [3.8, 4) is 11.6 Å². The average molecular weight is 649 g/mol. The van der Waals surface area contributed by atoms with E-state index in [4.69, 9.17) is 20.4 Å². The van der Waals surface area contributed by atoms with Gasteiger partial charge in [-0.25, -0.2) is 9.97 Å². The van der Waals surface area contributed by atoms with Crippen LogP contribution in [0.3, 0.4) is 0 Å². The lowest BCUT2D eigenvalue weighted by Crippen LogP contribution is -2.38. The molecule has 0 aliphatic carbocycles. The molecule has 1 aliphatic rings. The van der Waals surface area contributed by atoms with Gasteiger partial charge in [0.1, 0.15) is 5.56 Å². The number of rotatable bonds is 12. The fourth-order valence-corrected chi connectivity index (χ4v) is 5.25. The van der Waals surface area contributed by atoms with Gasteiger partial charge in [0.15, 0.2) is 11.6 Å². The summed E-state index contributed by atoms with van der Waals surface area (Å²) in [6, 6.07) is 16.4. The van der Waals surface area contributed by atoms with Crippen LogP contribution >= 0.6 is 0 Å². The van der Waals surface area contributed by atoms with Gasteiger partial charge in [0.05, 0.1) is 13.7 Å². The third-order valence-electron chi connectivity index (χ3n) is 7.56. The molecular weight excluding hydrogens is 612 g/mol. The number of para-hydroxylation sites is 1. The second-order valence-electron chi connectivity index (χ2n) is 11.0. The summed E-state index contributed by atoms with van der Waals surface area (Å²) in [5.41, 5.74) is 7.60. The number of nitrogens with two attached hydrogens (primary N) is 1. The topological polar surface area (TPSA) is 192 Å². The fourth-order valence-electron chi connectivity index (χ4n) is 5.25.